The van der Waals surface area contributed by atoms with Crippen molar-refractivity contribution in [2.24, 2.45) is 0 Å². The standard InChI is InChI=1S/C39H51N5O6S/c1-26(12-9-14-28(3)24-35(45)46)17-19-32-30(5)16-11-22-39(32,8)42-51(49,50)34-21-23-38(7,37-40-43-44-41-37)33(31(34)6)20-18-27(2)13-10-15-29(4)25-36(47)48/h9-10,12-15,17-20,24-25,34,42H,11,16,21-23H2,1-8H3,(H,45,46)(H,47,48)(H,40,41,43,44)/b14-9+,15-10+,19-17+,20-18+,26-12+,27-13+,28-24+,29-25+/t34?,38-,39-/m0/s1. The normalized spacial score (nSPS) is 25.0. The van der Waals surface area contributed by atoms with Gasteiger partial charge in [0.25, 0.3) is 0 Å². The summed E-state index contributed by atoms with van der Waals surface area (Å²) in [7, 11) is -3.88. The van der Waals surface area contributed by atoms with Gasteiger partial charge >= 0.3 is 11.9 Å². The zero-order chi connectivity index (χ0) is 38.0. The Bertz CT molecular complexity index is 1900. The second kappa shape index (κ2) is 17.5. The average molecular weight is 718 g/mol. The van der Waals surface area contributed by atoms with Gasteiger partial charge in [0.2, 0.25) is 10.0 Å². The van der Waals surface area contributed by atoms with E-state index in [0.717, 1.165) is 52.9 Å². The highest BCUT2D eigenvalue weighted by Crippen LogP contribution is 2.45. The Labute approximate surface area is 301 Å². The summed E-state index contributed by atoms with van der Waals surface area (Å²) in [5, 5.41) is 32.0. The highest BCUT2D eigenvalue weighted by Gasteiger charge is 2.46. The molecule has 0 fully saturated rings. The first-order chi connectivity index (χ1) is 23.9. The summed E-state index contributed by atoms with van der Waals surface area (Å²) < 4.78 is 31.9. The third-order valence-electron chi connectivity index (χ3n) is 9.44. The number of carboxylic acids is 2. The molecule has 51 heavy (non-hydrogen) atoms. The van der Waals surface area contributed by atoms with Crippen LogP contribution < -0.4 is 4.72 Å². The lowest BCUT2D eigenvalue weighted by molar-refractivity contribution is -0.132. The maximum Gasteiger partial charge on any atom is 0.328 e. The lowest BCUT2D eigenvalue weighted by Crippen LogP contribution is -2.53. The largest absolute Gasteiger partial charge is 0.478 e. The molecule has 0 radical (unpaired) electrons. The summed E-state index contributed by atoms with van der Waals surface area (Å²) in [6, 6.07) is 0. The molecule has 4 N–H and O–H groups in total. The molecule has 0 amide bonds. The van der Waals surface area contributed by atoms with Gasteiger partial charge in [0, 0.05) is 12.2 Å². The van der Waals surface area contributed by atoms with Crippen molar-refractivity contribution in [2.75, 3.05) is 0 Å². The minimum absolute atomic E-state index is 0.365. The topological polar surface area (TPSA) is 175 Å². The molecule has 3 atom stereocenters. The molecule has 3 rings (SSSR count). The van der Waals surface area contributed by atoms with Crippen LogP contribution in [0.2, 0.25) is 0 Å². The van der Waals surface area contributed by atoms with E-state index >= 15 is 0 Å². The van der Waals surface area contributed by atoms with Crippen LogP contribution in [-0.2, 0) is 25.0 Å². The van der Waals surface area contributed by atoms with Crippen LogP contribution in [0.4, 0.5) is 0 Å². The number of H-pyrrole nitrogens is 1. The minimum Gasteiger partial charge on any atom is -0.478 e. The first-order valence-electron chi connectivity index (χ1n) is 16.9. The molecule has 2 aliphatic carbocycles. The molecular formula is C39H51N5O6S. The Hall–Kier alpha value is -4.68. The van der Waals surface area contributed by atoms with E-state index in [-0.39, 0.29) is 0 Å². The monoisotopic (exact) mass is 717 g/mol. The van der Waals surface area contributed by atoms with E-state index in [1.807, 2.05) is 78.0 Å². The predicted octanol–water partition coefficient (Wildman–Crippen LogP) is 7.29. The van der Waals surface area contributed by atoms with Crippen LogP contribution in [0.3, 0.4) is 0 Å². The van der Waals surface area contributed by atoms with Gasteiger partial charge in [-0.25, -0.2) is 22.7 Å². The first-order valence-corrected chi connectivity index (χ1v) is 18.5. The van der Waals surface area contributed by atoms with E-state index in [2.05, 4.69) is 25.3 Å². The van der Waals surface area contributed by atoms with Crippen molar-refractivity contribution in [3.63, 3.8) is 0 Å². The van der Waals surface area contributed by atoms with Crippen LogP contribution in [0.15, 0.2) is 117 Å². The second-order valence-corrected chi connectivity index (χ2v) is 15.7. The number of rotatable bonds is 14. The van der Waals surface area contributed by atoms with Gasteiger partial charge in [-0.1, -0.05) is 82.7 Å². The van der Waals surface area contributed by atoms with Crippen LogP contribution in [-0.4, -0.2) is 62.0 Å². The van der Waals surface area contributed by atoms with Gasteiger partial charge < -0.3 is 10.2 Å². The smallest absolute Gasteiger partial charge is 0.328 e. The fourth-order valence-electron chi connectivity index (χ4n) is 6.71. The van der Waals surface area contributed by atoms with E-state index < -0.39 is 38.2 Å². The van der Waals surface area contributed by atoms with Crippen molar-refractivity contribution in [3.05, 3.63) is 123 Å². The summed E-state index contributed by atoms with van der Waals surface area (Å²) in [5.41, 5.74) is 5.09. The lowest BCUT2D eigenvalue weighted by atomic mass is 9.70. The molecule has 0 spiro atoms. The molecule has 0 saturated carbocycles. The van der Waals surface area contributed by atoms with E-state index in [1.165, 1.54) is 0 Å². The minimum atomic E-state index is -3.88. The van der Waals surface area contributed by atoms with Crippen molar-refractivity contribution in [3.8, 4) is 0 Å². The van der Waals surface area contributed by atoms with Crippen molar-refractivity contribution < 1.29 is 28.2 Å². The van der Waals surface area contributed by atoms with Crippen LogP contribution >= 0.6 is 0 Å². The number of hydrogen-bond acceptors (Lipinski definition) is 7. The van der Waals surface area contributed by atoms with E-state index in [0.29, 0.717) is 41.8 Å². The molecule has 12 heteroatoms. The number of allylic oxidation sites excluding steroid dienone is 15. The summed E-state index contributed by atoms with van der Waals surface area (Å²) in [4.78, 5) is 21.8. The number of sulfonamides is 1. The Balaban J connectivity index is 1.97. The summed E-state index contributed by atoms with van der Waals surface area (Å²) >= 11 is 0. The Morgan fingerprint density at radius 3 is 1.90 bits per heavy atom. The number of tetrazole rings is 1. The van der Waals surface area contributed by atoms with Crippen molar-refractivity contribution in [1.29, 1.82) is 0 Å². The van der Waals surface area contributed by atoms with Gasteiger partial charge in [0.05, 0.1) is 16.2 Å². The third-order valence-corrected chi connectivity index (χ3v) is 11.5. The maximum absolute atomic E-state index is 14.4. The number of aromatic amines is 1. The molecule has 11 nitrogen and oxygen atoms in total. The van der Waals surface area contributed by atoms with Gasteiger partial charge in [-0.3, -0.25) is 0 Å². The number of carboxylic acid groups (broad SMARTS) is 2. The average Bonchev–Trinajstić information content (AvgIpc) is 3.56. The highest BCUT2D eigenvalue weighted by atomic mass is 32.2. The fraction of sp³-hybridized carbons (Fsp3) is 0.410. The van der Waals surface area contributed by atoms with E-state index in [4.69, 9.17) is 10.2 Å². The molecule has 0 aromatic carbocycles. The van der Waals surface area contributed by atoms with E-state index in [9.17, 15) is 18.0 Å². The number of aromatic nitrogens is 4. The quantitative estimate of drug-likeness (QED) is 0.114. The third kappa shape index (κ3) is 11.2. The molecule has 0 bridgehead atoms. The van der Waals surface area contributed by atoms with Gasteiger partial charge in [-0.05, 0) is 115 Å². The van der Waals surface area contributed by atoms with Crippen LogP contribution in [0, 0.1) is 0 Å². The fourth-order valence-corrected chi connectivity index (χ4v) is 8.71. The number of nitrogens with one attached hydrogen (secondary N) is 2. The number of nitrogens with zero attached hydrogens (tertiary/aromatic N) is 3. The number of aliphatic carboxylic acids is 2. The molecular weight excluding hydrogens is 667 g/mol. The lowest BCUT2D eigenvalue weighted by Gasteiger charge is -2.41. The van der Waals surface area contributed by atoms with E-state index in [1.54, 1.807) is 38.2 Å². The van der Waals surface area contributed by atoms with Crippen molar-refractivity contribution in [2.45, 2.75) is 104 Å². The summed E-state index contributed by atoms with van der Waals surface area (Å²) in [6.07, 6.45) is 24.0. The van der Waals surface area contributed by atoms with Gasteiger partial charge in [-0.15, -0.1) is 10.2 Å². The zero-order valence-electron chi connectivity index (χ0n) is 30.8. The summed E-state index contributed by atoms with van der Waals surface area (Å²) in [6.45, 7) is 15.1. The van der Waals surface area contributed by atoms with Crippen LogP contribution in [0.5, 0.6) is 0 Å². The molecule has 1 aromatic heterocycles. The molecule has 1 heterocycles. The molecule has 0 saturated heterocycles. The Morgan fingerprint density at radius 2 is 1.39 bits per heavy atom. The molecule has 1 aromatic rings. The van der Waals surface area contributed by atoms with Crippen molar-refractivity contribution >= 4 is 22.0 Å². The zero-order valence-corrected chi connectivity index (χ0v) is 31.6. The number of hydrogen-bond donors (Lipinski definition) is 4. The predicted molar refractivity (Wildman–Crippen MR) is 201 cm³/mol. The highest BCUT2D eigenvalue weighted by molar-refractivity contribution is 7.90. The Morgan fingerprint density at radius 1 is 0.843 bits per heavy atom. The van der Waals surface area contributed by atoms with Gasteiger partial charge in [0.15, 0.2) is 5.82 Å². The SMILES string of the molecule is CC1=C(/C=C/C(C)=C/C=C/C(C)=C/C(=O)O)[C@@](C)(NS(=O)(=O)C2CC[C@](C)(c3nn[nH]n3)C(/C=C/C(C)=C/C=C/C(C)=C/C(=O)O)=C2C)CCC1. The number of carbonyl (C=O) groups is 2. The maximum atomic E-state index is 14.4. The van der Waals surface area contributed by atoms with Crippen molar-refractivity contribution in [1.82, 2.24) is 25.3 Å². The molecule has 274 valence electrons. The summed E-state index contributed by atoms with van der Waals surface area (Å²) in [5.74, 6) is -1.52. The first kappa shape index (κ1) is 40.7. The Kier molecular flexibility index (Phi) is 14.0. The second-order valence-electron chi connectivity index (χ2n) is 13.9. The van der Waals surface area contributed by atoms with Gasteiger partial charge in [-0.2, -0.15) is 5.21 Å². The van der Waals surface area contributed by atoms with Crippen LogP contribution in [0.25, 0.3) is 0 Å². The van der Waals surface area contributed by atoms with Crippen LogP contribution in [0.1, 0.15) is 93.3 Å². The molecule has 2 aliphatic rings. The van der Waals surface area contributed by atoms with Gasteiger partial charge in [0.1, 0.15) is 0 Å². The molecule has 1 unspecified atom stereocenters. The molecule has 0 aliphatic heterocycles.